The summed E-state index contributed by atoms with van der Waals surface area (Å²) in [5.74, 6) is 2.97. The minimum atomic E-state index is 0.491. The van der Waals surface area contributed by atoms with Crippen LogP contribution in [0.1, 0.15) is 56.7 Å². The van der Waals surface area contributed by atoms with E-state index in [2.05, 4.69) is 27.8 Å². The first-order valence-electron chi connectivity index (χ1n) is 9.71. The van der Waals surface area contributed by atoms with E-state index in [1.807, 2.05) is 31.2 Å². The first kappa shape index (κ1) is 19.0. The highest BCUT2D eigenvalue weighted by Gasteiger charge is 2.19. The van der Waals surface area contributed by atoms with Crippen molar-refractivity contribution in [2.24, 2.45) is 0 Å². The highest BCUT2D eigenvalue weighted by atomic mass is 16.5. The third-order valence-corrected chi connectivity index (χ3v) is 4.53. The number of rotatable bonds is 7. The van der Waals surface area contributed by atoms with Gasteiger partial charge >= 0.3 is 0 Å². The Morgan fingerprint density at radius 1 is 1.22 bits per heavy atom. The van der Waals surface area contributed by atoms with Gasteiger partial charge in [0.25, 0.3) is 0 Å². The summed E-state index contributed by atoms with van der Waals surface area (Å²) >= 11 is 0. The lowest BCUT2D eigenvalue weighted by atomic mass is 10.1. The normalized spacial score (nSPS) is 14.2. The number of aromatic nitrogens is 3. The van der Waals surface area contributed by atoms with E-state index in [-0.39, 0.29) is 0 Å². The number of hydrogen-bond donors (Lipinski definition) is 0. The highest BCUT2D eigenvalue weighted by Crippen LogP contribution is 2.34. The van der Waals surface area contributed by atoms with Gasteiger partial charge < -0.3 is 14.0 Å². The Morgan fingerprint density at radius 3 is 2.89 bits per heavy atom. The lowest BCUT2D eigenvalue weighted by Gasteiger charge is -2.14. The number of nitrogens with zero attached hydrogens (tertiary/aromatic N) is 4. The zero-order valence-electron chi connectivity index (χ0n) is 16.1. The number of allylic oxidation sites excluding steroid dienone is 1. The molecule has 0 atom stereocenters. The summed E-state index contributed by atoms with van der Waals surface area (Å²) in [6, 6.07) is 8.04. The summed E-state index contributed by atoms with van der Waals surface area (Å²) in [5, 5.41) is 18.4. The van der Waals surface area contributed by atoms with E-state index in [9.17, 15) is 5.26 Å². The van der Waals surface area contributed by atoms with Gasteiger partial charge in [0.15, 0.2) is 17.3 Å². The summed E-state index contributed by atoms with van der Waals surface area (Å²) in [7, 11) is 0. The number of nitriles is 1. The zero-order chi connectivity index (χ0) is 19.1. The van der Waals surface area contributed by atoms with Crippen LogP contribution >= 0.6 is 0 Å². The second-order valence-electron chi connectivity index (χ2n) is 6.53. The molecule has 0 aliphatic carbocycles. The van der Waals surface area contributed by atoms with Crippen LogP contribution in [0.2, 0.25) is 0 Å². The molecule has 1 aliphatic rings. The summed E-state index contributed by atoms with van der Waals surface area (Å²) < 4.78 is 13.7. The van der Waals surface area contributed by atoms with Crippen molar-refractivity contribution in [1.82, 2.24) is 14.8 Å². The Hall–Kier alpha value is -2.81. The molecule has 6 heteroatoms. The van der Waals surface area contributed by atoms with Gasteiger partial charge in [-0.2, -0.15) is 5.26 Å². The molecule has 0 N–H and O–H groups in total. The van der Waals surface area contributed by atoms with Crippen LogP contribution in [0.15, 0.2) is 18.2 Å². The molecule has 6 nitrogen and oxygen atoms in total. The molecule has 1 aromatic heterocycles. The van der Waals surface area contributed by atoms with Crippen molar-refractivity contribution in [3.05, 3.63) is 35.4 Å². The van der Waals surface area contributed by atoms with Gasteiger partial charge in [0.2, 0.25) is 0 Å². The summed E-state index contributed by atoms with van der Waals surface area (Å²) in [6.07, 6.45) is 7.02. The fourth-order valence-corrected chi connectivity index (χ4v) is 3.26. The number of benzene rings is 1. The Balaban J connectivity index is 2.03. The molecule has 0 unspecified atom stereocenters. The fourth-order valence-electron chi connectivity index (χ4n) is 3.26. The molecule has 2 aromatic rings. The largest absolute Gasteiger partial charge is 0.490 e. The summed E-state index contributed by atoms with van der Waals surface area (Å²) in [6.45, 7) is 6.00. The van der Waals surface area contributed by atoms with Crippen LogP contribution < -0.4 is 9.47 Å². The monoisotopic (exact) mass is 366 g/mol. The van der Waals surface area contributed by atoms with Crippen molar-refractivity contribution in [2.75, 3.05) is 13.2 Å². The van der Waals surface area contributed by atoms with Crippen LogP contribution in [0.5, 0.6) is 11.5 Å². The molecule has 0 fully saturated rings. The van der Waals surface area contributed by atoms with Gasteiger partial charge in [0.1, 0.15) is 11.9 Å². The number of fused-ring (bicyclic) bond motifs is 1. The van der Waals surface area contributed by atoms with Gasteiger partial charge in [0, 0.05) is 18.5 Å². The minimum Gasteiger partial charge on any atom is -0.490 e. The van der Waals surface area contributed by atoms with Gasteiger partial charge in [-0.25, -0.2) is 0 Å². The predicted octanol–water partition coefficient (Wildman–Crippen LogP) is 4.26. The van der Waals surface area contributed by atoms with Crippen LogP contribution in [-0.4, -0.2) is 28.0 Å². The molecule has 142 valence electrons. The Morgan fingerprint density at radius 2 is 2.11 bits per heavy atom. The molecule has 0 bridgehead atoms. The fraction of sp³-hybridized carbons (Fsp3) is 0.476. The van der Waals surface area contributed by atoms with Crippen molar-refractivity contribution in [3.63, 3.8) is 0 Å². The third-order valence-electron chi connectivity index (χ3n) is 4.53. The first-order valence-corrected chi connectivity index (χ1v) is 9.71. The number of aryl methyl sites for hydroxylation is 1. The molecule has 3 rings (SSSR count). The molecular formula is C21H26N4O2. The maximum Gasteiger partial charge on any atom is 0.174 e. The molecule has 0 saturated carbocycles. The molecule has 0 radical (unpaired) electrons. The van der Waals surface area contributed by atoms with Crippen LogP contribution in [0, 0.1) is 11.3 Å². The molecule has 1 aliphatic heterocycles. The van der Waals surface area contributed by atoms with Crippen LogP contribution in [-0.2, 0) is 13.0 Å². The van der Waals surface area contributed by atoms with E-state index in [0.717, 1.165) is 43.6 Å². The SMILES string of the molecule is CCCOc1c(/C=C(\C#N)c2nnc3n2CCCCC3)cccc1OCC. The van der Waals surface area contributed by atoms with Crippen molar-refractivity contribution < 1.29 is 9.47 Å². The smallest absolute Gasteiger partial charge is 0.174 e. The average Bonchev–Trinajstić information content (AvgIpc) is 2.93. The van der Waals surface area contributed by atoms with Crippen molar-refractivity contribution in [2.45, 2.75) is 52.5 Å². The van der Waals surface area contributed by atoms with E-state index in [0.29, 0.717) is 36.1 Å². The van der Waals surface area contributed by atoms with Crippen molar-refractivity contribution in [3.8, 4) is 17.6 Å². The van der Waals surface area contributed by atoms with Crippen molar-refractivity contribution in [1.29, 1.82) is 5.26 Å². The Labute approximate surface area is 160 Å². The predicted molar refractivity (Wildman–Crippen MR) is 104 cm³/mol. The van der Waals surface area contributed by atoms with Crippen LogP contribution in [0.25, 0.3) is 11.6 Å². The first-order chi connectivity index (χ1) is 13.3. The van der Waals surface area contributed by atoms with Gasteiger partial charge in [-0.15, -0.1) is 10.2 Å². The van der Waals surface area contributed by atoms with E-state index >= 15 is 0 Å². The number of hydrogen-bond acceptors (Lipinski definition) is 5. The van der Waals surface area contributed by atoms with Gasteiger partial charge in [-0.05, 0) is 38.3 Å². The van der Waals surface area contributed by atoms with E-state index in [4.69, 9.17) is 9.47 Å². The molecule has 27 heavy (non-hydrogen) atoms. The lowest BCUT2D eigenvalue weighted by molar-refractivity contribution is 0.276. The van der Waals surface area contributed by atoms with Gasteiger partial charge in [0.05, 0.1) is 18.8 Å². The second-order valence-corrected chi connectivity index (χ2v) is 6.53. The molecule has 0 saturated heterocycles. The van der Waals surface area contributed by atoms with Gasteiger partial charge in [-0.1, -0.05) is 25.5 Å². The van der Waals surface area contributed by atoms with Crippen LogP contribution in [0.4, 0.5) is 0 Å². The standard InChI is InChI=1S/C21H26N4O2/c1-3-13-27-20-16(9-8-10-18(20)26-4-2)14-17(15-22)21-24-23-19-11-6-5-7-12-25(19)21/h8-10,14H,3-7,11-13H2,1-2H3/b17-14+. The maximum absolute atomic E-state index is 9.80. The molecular weight excluding hydrogens is 340 g/mol. The van der Waals surface area contributed by atoms with Crippen LogP contribution in [0.3, 0.4) is 0 Å². The van der Waals surface area contributed by atoms with E-state index < -0.39 is 0 Å². The highest BCUT2D eigenvalue weighted by molar-refractivity contribution is 5.89. The summed E-state index contributed by atoms with van der Waals surface area (Å²) in [4.78, 5) is 0. The third kappa shape index (κ3) is 4.30. The van der Waals surface area contributed by atoms with E-state index in [1.165, 1.54) is 6.42 Å². The molecule has 0 amide bonds. The second kappa shape index (κ2) is 9.22. The van der Waals surface area contributed by atoms with Gasteiger partial charge in [-0.3, -0.25) is 0 Å². The number of ether oxygens (including phenoxy) is 2. The molecule has 0 spiro atoms. The number of para-hydroxylation sites is 1. The minimum absolute atomic E-state index is 0.491. The van der Waals surface area contributed by atoms with Crippen molar-refractivity contribution >= 4 is 11.6 Å². The molecule has 1 aromatic carbocycles. The lowest BCUT2D eigenvalue weighted by Crippen LogP contribution is -2.05. The Kier molecular flexibility index (Phi) is 6.48. The maximum atomic E-state index is 9.80. The average molecular weight is 366 g/mol. The van der Waals surface area contributed by atoms with E-state index in [1.54, 1.807) is 0 Å². The summed E-state index contributed by atoms with van der Waals surface area (Å²) in [5.41, 5.74) is 1.31. The molecule has 2 heterocycles. The zero-order valence-corrected chi connectivity index (χ0v) is 16.1. The topological polar surface area (TPSA) is 73.0 Å². The Bertz CT molecular complexity index is 848. The quantitative estimate of drug-likeness (QED) is 0.685.